The van der Waals surface area contributed by atoms with Crippen LogP contribution in [-0.4, -0.2) is 33.5 Å². The Morgan fingerprint density at radius 2 is 2.03 bits per heavy atom. The van der Waals surface area contributed by atoms with Gasteiger partial charge in [0.05, 0.1) is 18.3 Å². The molecule has 2 N–H and O–H groups in total. The van der Waals surface area contributed by atoms with Gasteiger partial charge in [0, 0.05) is 34.5 Å². The maximum atomic E-state index is 13.2. The van der Waals surface area contributed by atoms with E-state index in [-0.39, 0.29) is 24.4 Å². The van der Waals surface area contributed by atoms with Gasteiger partial charge in [-0.15, -0.1) is 6.42 Å². The van der Waals surface area contributed by atoms with Crippen LogP contribution >= 0.6 is 0 Å². The second-order valence-electron chi connectivity index (χ2n) is 10.4. The Bertz CT molecular complexity index is 1340. The van der Waals surface area contributed by atoms with Crippen molar-refractivity contribution in [3.05, 3.63) is 76.0 Å². The molecular weight excluding hydrogens is 436 g/mol. The van der Waals surface area contributed by atoms with Crippen LogP contribution in [0.4, 0.5) is 0 Å². The zero-order chi connectivity index (χ0) is 24.7. The fourth-order valence-corrected chi connectivity index (χ4v) is 5.22. The van der Waals surface area contributed by atoms with Gasteiger partial charge in [0.2, 0.25) is 0 Å². The van der Waals surface area contributed by atoms with Crippen molar-refractivity contribution in [2.45, 2.75) is 52.6 Å². The lowest BCUT2D eigenvalue weighted by atomic mass is 9.76. The fraction of sp³-hybridized carbons (Fsp3) is 0.345. The molecule has 0 saturated carbocycles. The van der Waals surface area contributed by atoms with Crippen molar-refractivity contribution in [2.75, 3.05) is 6.54 Å². The van der Waals surface area contributed by atoms with E-state index in [1.54, 1.807) is 12.1 Å². The molecule has 5 rings (SSSR count). The molecule has 6 heteroatoms. The summed E-state index contributed by atoms with van der Waals surface area (Å²) in [6.45, 7) is 7.36. The Morgan fingerprint density at radius 1 is 1.26 bits per heavy atom. The Balaban J connectivity index is 1.35. The van der Waals surface area contributed by atoms with Crippen LogP contribution in [0.3, 0.4) is 0 Å². The minimum Gasteiger partial charge on any atom is -0.341 e. The Hall–Kier alpha value is -3.85. The number of H-pyrrole nitrogens is 1. The summed E-state index contributed by atoms with van der Waals surface area (Å²) in [6.07, 6.45) is 8.38. The average molecular weight is 467 g/mol. The van der Waals surface area contributed by atoms with Crippen molar-refractivity contribution in [1.29, 1.82) is 0 Å². The first-order valence-electron chi connectivity index (χ1n) is 12.1. The topological polar surface area (TPSA) is 78.1 Å². The summed E-state index contributed by atoms with van der Waals surface area (Å²) in [7, 11) is 0. The number of aromatic nitrogens is 2. The predicted octanol–water partition coefficient (Wildman–Crippen LogP) is 4.67. The lowest BCUT2D eigenvalue weighted by Crippen LogP contribution is -2.27. The van der Waals surface area contributed by atoms with E-state index in [9.17, 15) is 9.59 Å². The quantitative estimate of drug-likeness (QED) is 0.537. The number of benzene rings is 2. The summed E-state index contributed by atoms with van der Waals surface area (Å²) in [5.74, 6) is 2.22. The van der Waals surface area contributed by atoms with Gasteiger partial charge >= 0.3 is 0 Å². The van der Waals surface area contributed by atoms with Gasteiger partial charge in [0.15, 0.2) is 0 Å². The second kappa shape index (κ2) is 8.74. The number of fused-ring (bicyclic) bond motifs is 2. The van der Waals surface area contributed by atoms with Gasteiger partial charge < -0.3 is 10.2 Å². The highest BCUT2D eigenvalue weighted by Gasteiger charge is 2.33. The van der Waals surface area contributed by atoms with Crippen molar-refractivity contribution in [3.63, 3.8) is 0 Å². The highest BCUT2D eigenvalue weighted by Crippen LogP contribution is 2.39. The summed E-state index contributed by atoms with van der Waals surface area (Å²) in [4.78, 5) is 27.2. The summed E-state index contributed by atoms with van der Waals surface area (Å²) in [5, 5.41) is 10.6. The Morgan fingerprint density at radius 3 is 2.77 bits per heavy atom. The van der Waals surface area contributed by atoms with Gasteiger partial charge in [-0.25, -0.2) is 0 Å². The summed E-state index contributed by atoms with van der Waals surface area (Å²) in [6, 6.07) is 13.3. The molecule has 1 atom stereocenters. The first kappa shape index (κ1) is 22.9. The smallest absolute Gasteiger partial charge is 0.255 e. The number of hydrogen-bond acceptors (Lipinski definition) is 3. The molecular formula is C29H30N4O2. The van der Waals surface area contributed by atoms with Gasteiger partial charge in [-0.2, -0.15) is 5.10 Å². The SMILES string of the molecule is C#CCNC(=O)c1ccc([C@@H](C)N2Cc3cc(-c4n[nH]c5c4CCC(C)(C)C5)ccc3C2=O)cc1. The highest BCUT2D eigenvalue weighted by molar-refractivity contribution is 5.99. The molecule has 0 spiro atoms. The molecule has 1 aliphatic carbocycles. The lowest BCUT2D eigenvalue weighted by Gasteiger charge is -2.29. The molecule has 3 aromatic rings. The second-order valence-corrected chi connectivity index (χ2v) is 10.4. The van der Waals surface area contributed by atoms with Crippen LogP contribution in [0.1, 0.15) is 76.3 Å². The van der Waals surface area contributed by atoms with Crippen LogP contribution in [0, 0.1) is 17.8 Å². The van der Waals surface area contributed by atoms with E-state index in [4.69, 9.17) is 6.42 Å². The highest BCUT2D eigenvalue weighted by atomic mass is 16.2. The number of hydrogen-bond donors (Lipinski definition) is 2. The molecule has 2 heterocycles. The van der Waals surface area contributed by atoms with Crippen LogP contribution in [0.2, 0.25) is 0 Å². The van der Waals surface area contributed by atoms with Crippen LogP contribution in [0.15, 0.2) is 42.5 Å². The summed E-state index contributed by atoms with van der Waals surface area (Å²) in [5.41, 5.74) is 8.20. The van der Waals surface area contributed by atoms with E-state index < -0.39 is 0 Å². The predicted molar refractivity (Wildman–Crippen MR) is 136 cm³/mol. The van der Waals surface area contributed by atoms with Gasteiger partial charge in [-0.3, -0.25) is 14.7 Å². The largest absolute Gasteiger partial charge is 0.341 e. The van der Waals surface area contributed by atoms with E-state index in [0.29, 0.717) is 17.5 Å². The molecule has 1 aromatic heterocycles. The van der Waals surface area contributed by atoms with Crippen molar-refractivity contribution >= 4 is 11.8 Å². The van der Waals surface area contributed by atoms with Crippen LogP contribution < -0.4 is 5.32 Å². The van der Waals surface area contributed by atoms with E-state index in [1.807, 2.05) is 36.1 Å². The van der Waals surface area contributed by atoms with Crippen LogP contribution in [0.5, 0.6) is 0 Å². The van der Waals surface area contributed by atoms with Gasteiger partial charge in [-0.1, -0.05) is 38.0 Å². The number of aromatic amines is 1. The number of amides is 2. The number of nitrogens with zero attached hydrogens (tertiary/aromatic N) is 2. The lowest BCUT2D eigenvalue weighted by molar-refractivity contribution is 0.0715. The molecule has 178 valence electrons. The number of carbonyl (C=O) groups excluding carboxylic acids is 2. The molecule has 2 aliphatic rings. The number of carbonyl (C=O) groups is 2. The molecule has 0 bridgehead atoms. The normalized spacial score (nSPS) is 16.9. The fourth-order valence-electron chi connectivity index (χ4n) is 5.22. The maximum Gasteiger partial charge on any atom is 0.255 e. The molecule has 1 aliphatic heterocycles. The third kappa shape index (κ3) is 4.23. The van der Waals surface area contributed by atoms with Crippen molar-refractivity contribution in [1.82, 2.24) is 20.4 Å². The van der Waals surface area contributed by atoms with Crippen molar-refractivity contribution in [3.8, 4) is 23.6 Å². The van der Waals surface area contributed by atoms with Crippen molar-refractivity contribution < 1.29 is 9.59 Å². The van der Waals surface area contributed by atoms with Gasteiger partial charge in [-0.05, 0) is 67.0 Å². The third-order valence-electron chi connectivity index (χ3n) is 7.34. The minimum absolute atomic E-state index is 0.0284. The monoisotopic (exact) mass is 466 g/mol. The molecule has 0 fully saturated rings. The van der Waals surface area contributed by atoms with Gasteiger partial charge in [0.25, 0.3) is 11.8 Å². The summed E-state index contributed by atoms with van der Waals surface area (Å²) < 4.78 is 0. The average Bonchev–Trinajstić information content (AvgIpc) is 3.41. The van der Waals surface area contributed by atoms with Crippen LogP contribution in [-0.2, 0) is 19.4 Å². The first-order valence-corrected chi connectivity index (χ1v) is 12.1. The molecule has 0 saturated heterocycles. The third-order valence-corrected chi connectivity index (χ3v) is 7.34. The number of rotatable bonds is 5. The Labute approximate surface area is 206 Å². The molecule has 6 nitrogen and oxygen atoms in total. The van der Waals surface area contributed by atoms with E-state index in [1.165, 1.54) is 11.3 Å². The molecule has 35 heavy (non-hydrogen) atoms. The van der Waals surface area contributed by atoms with E-state index in [0.717, 1.165) is 47.2 Å². The van der Waals surface area contributed by atoms with E-state index in [2.05, 4.69) is 41.3 Å². The summed E-state index contributed by atoms with van der Waals surface area (Å²) >= 11 is 0. The Kier molecular flexibility index (Phi) is 5.72. The zero-order valence-electron chi connectivity index (χ0n) is 20.4. The van der Waals surface area contributed by atoms with Gasteiger partial charge in [0.1, 0.15) is 0 Å². The first-order chi connectivity index (χ1) is 16.8. The number of nitrogens with one attached hydrogen (secondary N) is 2. The molecule has 0 unspecified atom stereocenters. The van der Waals surface area contributed by atoms with Crippen LogP contribution in [0.25, 0.3) is 11.3 Å². The maximum absolute atomic E-state index is 13.2. The minimum atomic E-state index is -0.205. The standard InChI is InChI=1S/C29H30N4O2/c1-5-14-30-27(34)20-8-6-19(7-9-20)18(2)33-17-22-15-21(10-11-23(22)28(33)35)26-24-12-13-29(3,4)16-25(24)31-32-26/h1,6-11,15,18H,12-14,16-17H2,2-4H3,(H,30,34)(H,31,32)/t18-/m1/s1. The molecule has 2 aromatic carbocycles. The van der Waals surface area contributed by atoms with Crippen molar-refractivity contribution in [2.24, 2.45) is 5.41 Å². The molecule has 2 amide bonds. The van der Waals surface area contributed by atoms with E-state index >= 15 is 0 Å². The number of terminal acetylenes is 1. The zero-order valence-corrected chi connectivity index (χ0v) is 20.4. The molecule has 0 radical (unpaired) electrons.